The van der Waals surface area contributed by atoms with Crippen LogP contribution in [0.25, 0.3) is 0 Å². The predicted molar refractivity (Wildman–Crippen MR) is 78.8 cm³/mol. The first-order valence-electron chi connectivity index (χ1n) is 6.35. The molecule has 1 aromatic heterocycles. The van der Waals surface area contributed by atoms with Gasteiger partial charge in [0.15, 0.2) is 0 Å². The van der Waals surface area contributed by atoms with Gasteiger partial charge in [-0.15, -0.1) is 0 Å². The van der Waals surface area contributed by atoms with Crippen LogP contribution in [0, 0.1) is 0 Å². The highest BCUT2D eigenvalue weighted by molar-refractivity contribution is 5.89. The Balaban J connectivity index is 2.04. The molecule has 1 aromatic carbocycles. The molecule has 0 spiro atoms. The molecular formula is C15H17N3O2. The summed E-state index contributed by atoms with van der Waals surface area (Å²) in [6.07, 6.45) is 2.14. The second kappa shape index (κ2) is 6.06. The number of aromatic nitrogens is 1. The van der Waals surface area contributed by atoms with Gasteiger partial charge in [0, 0.05) is 12.2 Å². The molecule has 0 bridgehead atoms. The van der Waals surface area contributed by atoms with Gasteiger partial charge in [-0.25, -0.2) is 9.78 Å². The molecule has 2 aromatic rings. The summed E-state index contributed by atoms with van der Waals surface area (Å²) in [7, 11) is 0. The summed E-state index contributed by atoms with van der Waals surface area (Å²) in [5.41, 5.74) is 7.45. The lowest BCUT2D eigenvalue weighted by Crippen LogP contribution is -2.20. The van der Waals surface area contributed by atoms with E-state index in [4.69, 9.17) is 10.8 Å². The summed E-state index contributed by atoms with van der Waals surface area (Å²) < 4.78 is 0. The average molecular weight is 271 g/mol. The molecular weight excluding hydrogens is 254 g/mol. The Morgan fingerprint density at radius 2 is 2.10 bits per heavy atom. The normalized spacial score (nSPS) is 11.8. The molecule has 20 heavy (non-hydrogen) atoms. The summed E-state index contributed by atoms with van der Waals surface area (Å²) in [4.78, 5) is 14.9. The largest absolute Gasteiger partial charge is 0.478 e. The zero-order valence-corrected chi connectivity index (χ0v) is 11.2. The third-order valence-electron chi connectivity index (χ3n) is 2.93. The fraction of sp³-hybridized carbons (Fsp3) is 0.200. The first-order valence-corrected chi connectivity index (χ1v) is 6.35. The van der Waals surface area contributed by atoms with Crippen LogP contribution in [0.5, 0.6) is 0 Å². The number of aromatic carboxylic acids is 1. The van der Waals surface area contributed by atoms with Crippen molar-refractivity contribution >= 4 is 17.5 Å². The van der Waals surface area contributed by atoms with Crippen molar-refractivity contribution in [1.29, 1.82) is 0 Å². The van der Waals surface area contributed by atoms with Crippen LogP contribution in [0.3, 0.4) is 0 Å². The molecule has 0 aliphatic rings. The summed E-state index contributed by atoms with van der Waals surface area (Å²) in [5.74, 6) is -0.522. The molecule has 1 atom stereocenters. The van der Waals surface area contributed by atoms with Crippen LogP contribution < -0.4 is 11.1 Å². The third-order valence-corrected chi connectivity index (χ3v) is 2.93. The SMILES string of the molecule is CC(Cc1ccccc1)Nc1ncc(C(=O)O)cc1N. The van der Waals surface area contributed by atoms with Crippen molar-refractivity contribution in [1.82, 2.24) is 4.98 Å². The highest BCUT2D eigenvalue weighted by Gasteiger charge is 2.10. The van der Waals surface area contributed by atoms with Crippen LogP contribution >= 0.6 is 0 Å². The molecule has 5 nitrogen and oxygen atoms in total. The number of benzene rings is 1. The van der Waals surface area contributed by atoms with E-state index in [0.29, 0.717) is 11.5 Å². The van der Waals surface area contributed by atoms with Crippen LogP contribution in [-0.2, 0) is 6.42 Å². The van der Waals surface area contributed by atoms with Crippen LogP contribution in [0.4, 0.5) is 11.5 Å². The molecule has 1 heterocycles. The Labute approximate surface area is 117 Å². The number of hydrogen-bond donors (Lipinski definition) is 3. The number of anilines is 2. The number of nitrogens with one attached hydrogen (secondary N) is 1. The van der Waals surface area contributed by atoms with Crippen molar-refractivity contribution in [2.75, 3.05) is 11.1 Å². The number of carboxylic acid groups (broad SMARTS) is 1. The fourth-order valence-electron chi connectivity index (χ4n) is 1.97. The monoisotopic (exact) mass is 271 g/mol. The molecule has 0 aliphatic carbocycles. The first kappa shape index (κ1) is 13.9. The number of carbonyl (C=O) groups is 1. The van der Waals surface area contributed by atoms with Gasteiger partial charge in [-0.1, -0.05) is 30.3 Å². The minimum Gasteiger partial charge on any atom is -0.478 e. The molecule has 0 radical (unpaired) electrons. The van der Waals surface area contributed by atoms with Gasteiger partial charge in [-0.2, -0.15) is 0 Å². The number of nitrogens with zero attached hydrogens (tertiary/aromatic N) is 1. The van der Waals surface area contributed by atoms with Crippen LogP contribution in [0.2, 0.25) is 0 Å². The maximum atomic E-state index is 10.8. The van der Waals surface area contributed by atoms with E-state index in [1.54, 1.807) is 0 Å². The van der Waals surface area contributed by atoms with Gasteiger partial charge < -0.3 is 16.2 Å². The van der Waals surface area contributed by atoms with E-state index in [1.807, 2.05) is 25.1 Å². The Morgan fingerprint density at radius 1 is 1.40 bits per heavy atom. The lowest BCUT2D eigenvalue weighted by atomic mass is 10.1. The lowest BCUT2D eigenvalue weighted by molar-refractivity contribution is 0.0696. The number of pyridine rings is 1. The standard InChI is InChI=1S/C15H17N3O2/c1-10(7-11-5-3-2-4-6-11)18-14-13(16)8-12(9-17-14)15(19)20/h2-6,8-10H,7,16H2,1H3,(H,17,18)(H,19,20). The van der Waals surface area contributed by atoms with E-state index >= 15 is 0 Å². The van der Waals surface area contributed by atoms with Crippen LogP contribution in [-0.4, -0.2) is 22.1 Å². The predicted octanol–water partition coefficient (Wildman–Crippen LogP) is 2.41. The van der Waals surface area contributed by atoms with E-state index in [2.05, 4.69) is 22.4 Å². The average Bonchev–Trinajstić information content (AvgIpc) is 2.42. The van der Waals surface area contributed by atoms with Crippen molar-refractivity contribution in [2.24, 2.45) is 0 Å². The van der Waals surface area contributed by atoms with Crippen molar-refractivity contribution in [3.05, 3.63) is 53.7 Å². The molecule has 1 unspecified atom stereocenters. The number of nitrogens with two attached hydrogens (primary N) is 1. The van der Waals surface area contributed by atoms with Gasteiger partial charge in [-0.3, -0.25) is 0 Å². The Bertz CT molecular complexity index is 599. The van der Waals surface area contributed by atoms with E-state index in [-0.39, 0.29) is 11.6 Å². The van der Waals surface area contributed by atoms with Crippen molar-refractivity contribution in [3.8, 4) is 0 Å². The van der Waals surface area contributed by atoms with Gasteiger partial charge in [0.2, 0.25) is 0 Å². The third kappa shape index (κ3) is 3.47. The summed E-state index contributed by atoms with van der Waals surface area (Å²) >= 11 is 0. The number of carboxylic acids is 1. The molecule has 5 heteroatoms. The second-order valence-electron chi connectivity index (χ2n) is 4.70. The molecule has 0 fully saturated rings. The summed E-state index contributed by atoms with van der Waals surface area (Å²) in [6.45, 7) is 2.03. The van der Waals surface area contributed by atoms with Gasteiger partial charge >= 0.3 is 5.97 Å². The maximum absolute atomic E-state index is 10.8. The number of rotatable bonds is 5. The van der Waals surface area contributed by atoms with Gasteiger partial charge in [0.05, 0.1) is 11.3 Å². The molecule has 0 saturated carbocycles. The molecule has 104 valence electrons. The van der Waals surface area contributed by atoms with Crippen LogP contribution in [0.15, 0.2) is 42.6 Å². The maximum Gasteiger partial charge on any atom is 0.337 e. The van der Waals surface area contributed by atoms with Gasteiger partial charge in [0.25, 0.3) is 0 Å². The van der Waals surface area contributed by atoms with Gasteiger partial charge in [0.1, 0.15) is 5.82 Å². The molecule has 0 aliphatic heterocycles. The van der Waals surface area contributed by atoms with E-state index in [1.165, 1.54) is 17.8 Å². The summed E-state index contributed by atoms with van der Waals surface area (Å²) in [6, 6.07) is 11.6. The second-order valence-corrected chi connectivity index (χ2v) is 4.70. The zero-order valence-electron chi connectivity index (χ0n) is 11.2. The minimum atomic E-state index is -1.03. The quantitative estimate of drug-likeness (QED) is 0.777. The molecule has 0 saturated heterocycles. The molecule has 0 amide bonds. The fourth-order valence-corrected chi connectivity index (χ4v) is 1.97. The highest BCUT2D eigenvalue weighted by atomic mass is 16.4. The van der Waals surface area contributed by atoms with Gasteiger partial charge in [-0.05, 0) is 25.0 Å². The molecule has 4 N–H and O–H groups in total. The van der Waals surface area contributed by atoms with Crippen molar-refractivity contribution in [2.45, 2.75) is 19.4 Å². The zero-order chi connectivity index (χ0) is 14.5. The smallest absolute Gasteiger partial charge is 0.337 e. The Hall–Kier alpha value is -2.56. The minimum absolute atomic E-state index is 0.0868. The Morgan fingerprint density at radius 3 is 2.70 bits per heavy atom. The Kier molecular flexibility index (Phi) is 4.20. The highest BCUT2D eigenvalue weighted by Crippen LogP contribution is 2.18. The van der Waals surface area contributed by atoms with E-state index < -0.39 is 5.97 Å². The van der Waals surface area contributed by atoms with Crippen molar-refractivity contribution in [3.63, 3.8) is 0 Å². The number of nitrogen functional groups attached to an aromatic ring is 1. The van der Waals surface area contributed by atoms with E-state index in [0.717, 1.165) is 6.42 Å². The summed E-state index contributed by atoms with van der Waals surface area (Å²) in [5, 5.41) is 12.1. The van der Waals surface area contributed by atoms with Crippen LogP contribution in [0.1, 0.15) is 22.8 Å². The first-order chi connectivity index (χ1) is 9.56. The number of hydrogen-bond acceptors (Lipinski definition) is 4. The topological polar surface area (TPSA) is 88.2 Å². The van der Waals surface area contributed by atoms with E-state index in [9.17, 15) is 4.79 Å². The van der Waals surface area contributed by atoms with Crippen molar-refractivity contribution < 1.29 is 9.90 Å². The molecule has 2 rings (SSSR count). The lowest BCUT2D eigenvalue weighted by Gasteiger charge is -2.16.